The molecule has 9 heteroatoms. The average molecular weight is 370 g/mol. The molecule has 1 aromatic carbocycles. The van der Waals surface area contributed by atoms with Gasteiger partial charge < -0.3 is 4.42 Å². The van der Waals surface area contributed by atoms with Crippen molar-refractivity contribution in [2.75, 3.05) is 6.54 Å². The van der Waals surface area contributed by atoms with Crippen LogP contribution in [0.2, 0.25) is 4.34 Å². The normalized spacial score (nSPS) is 11.7. The van der Waals surface area contributed by atoms with Crippen LogP contribution < -0.4 is 4.72 Å². The van der Waals surface area contributed by atoms with Crippen molar-refractivity contribution in [2.24, 2.45) is 0 Å². The van der Waals surface area contributed by atoms with Crippen LogP contribution in [0.3, 0.4) is 0 Å². The van der Waals surface area contributed by atoms with E-state index in [9.17, 15) is 8.42 Å². The third-order valence-electron chi connectivity index (χ3n) is 2.93. The summed E-state index contributed by atoms with van der Waals surface area (Å²) in [5.74, 6) is 0.782. The summed E-state index contributed by atoms with van der Waals surface area (Å²) in [6, 6.07) is 12.4. The fourth-order valence-electron chi connectivity index (χ4n) is 1.86. The van der Waals surface area contributed by atoms with Crippen molar-refractivity contribution >= 4 is 33.0 Å². The van der Waals surface area contributed by atoms with Crippen LogP contribution in [0, 0.1) is 0 Å². The number of halogens is 1. The smallest absolute Gasteiger partial charge is 0.250 e. The van der Waals surface area contributed by atoms with E-state index in [1.165, 1.54) is 6.07 Å². The SMILES string of the molecule is O=S(=O)(NCCc1nnc(-c2ccccc2)o1)c1ccc(Cl)s1. The first kappa shape index (κ1) is 16.1. The highest BCUT2D eigenvalue weighted by Crippen LogP contribution is 2.25. The molecule has 3 rings (SSSR count). The van der Waals surface area contributed by atoms with Crippen molar-refractivity contribution < 1.29 is 12.8 Å². The Morgan fingerprint density at radius 2 is 1.91 bits per heavy atom. The van der Waals surface area contributed by atoms with E-state index in [1.807, 2.05) is 30.3 Å². The van der Waals surface area contributed by atoms with Gasteiger partial charge in [0, 0.05) is 18.5 Å². The molecule has 6 nitrogen and oxygen atoms in total. The topological polar surface area (TPSA) is 85.1 Å². The molecule has 0 atom stereocenters. The second-order valence-corrected chi connectivity index (χ2v) is 8.28. The molecule has 0 aliphatic heterocycles. The Hall–Kier alpha value is -1.74. The van der Waals surface area contributed by atoms with Crippen LogP contribution in [0.1, 0.15) is 5.89 Å². The molecule has 23 heavy (non-hydrogen) atoms. The predicted molar refractivity (Wildman–Crippen MR) is 88.0 cm³/mol. The third-order valence-corrected chi connectivity index (χ3v) is 6.12. The second-order valence-electron chi connectivity index (χ2n) is 4.57. The van der Waals surface area contributed by atoms with Crippen LogP contribution in [0.25, 0.3) is 11.5 Å². The molecular formula is C14H12ClN3O3S2. The van der Waals surface area contributed by atoms with Crippen LogP contribution in [0.4, 0.5) is 0 Å². The number of benzene rings is 1. The number of rotatable bonds is 6. The minimum atomic E-state index is -3.56. The minimum absolute atomic E-state index is 0.161. The molecule has 0 spiro atoms. The van der Waals surface area contributed by atoms with Crippen molar-refractivity contribution in [1.29, 1.82) is 0 Å². The highest BCUT2D eigenvalue weighted by molar-refractivity contribution is 7.91. The Bertz CT molecular complexity index is 891. The van der Waals surface area contributed by atoms with Gasteiger partial charge in [0.1, 0.15) is 4.21 Å². The van der Waals surface area contributed by atoms with E-state index in [-0.39, 0.29) is 10.8 Å². The summed E-state index contributed by atoms with van der Waals surface area (Å²) < 4.78 is 32.7. The maximum atomic E-state index is 12.0. The first-order valence-corrected chi connectivity index (χ1v) is 9.35. The number of nitrogens with zero attached hydrogens (tertiary/aromatic N) is 2. The van der Waals surface area contributed by atoms with E-state index in [4.69, 9.17) is 16.0 Å². The van der Waals surface area contributed by atoms with Gasteiger partial charge in [-0.15, -0.1) is 21.5 Å². The van der Waals surface area contributed by atoms with Crippen LogP contribution in [0.5, 0.6) is 0 Å². The Morgan fingerprint density at radius 1 is 1.13 bits per heavy atom. The molecule has 3 aromatic rings. The first-order valence-electron chi connectivity index (χ1n) is 6.67. The standard InChI is InChI=1S/C14H12ClN3O3S2/c15-11-6-7-13(22-11)23(19,20)16-9-8-12-17-18-14(21-12)10-4-2-1-3-5-10/h1-7,16H,8-9H2. The minimum Gasteiger partial charge on any atom is -0.421 e. The van der Waals surface area contributed by atoms with E-state index in [0.717, 1.165) is 16.9 Å². The number of hydrogen-bond acceptors (Lipinski definition) is 6. The lowest BCUT2D eigenvalue weighted by Gasteiger charge is -2.02. The lowest BCUT2D eigenvalue weighted by molar-refractivity contribution is 0.502. The van der Waals surface area contributed by atoms with E-state index in [1.54, 1.807) is 6.07 Å². The molecular weight excluding hydrogens is 358 g/mol. The molecule has 0 bridgehead atoms. The van der Waals surface area contributed by atoms with Gasteiger partial charge in [0.15, 0.2) is 0 Å². The predicted octanol–water partition coefficient (Wildman–Crippen LogP) is 2.97. The van der Waals surface area contributed by atoms with Gasteiger partial charge in [0.25, 0.3) is 0 Å². The van der Waals surface area contributed by atoms with E-state index < -0.39 is 10.0 Å². The monoisotopic (exact) mass is 369 g/mol. The van der Waals surface area contributed by atoms with Crippen LogP contribution in [-0.4, -0.2) is 25.2 Å². The van der Waals surface area contributed by atoms with E-state index in [2.05, 4.69) is 14.9 Å². The van der Waals surface area contributed by atoms with Gasteiger partial charge in [-0.25, -0.2) is 13.1 Å². The fraction of sp³-hybridized carbons (Fsp3) is 0.143. The summed E-state index contributed by atoms with van der Waals surface area (Å²) >= 11 is 6.76. The van der Waals surface area contributed by atoms with Crippen LogP contribution in [-0.2, 0) is 16.4 Å². The lowest BCUT2D eigenvalue weighted by Crippen LogP contribution is -2.25. The zero-order chi connectivity index (χ0) is 16.3. The van der Waals surface area contributed by atoms with Gasteiger partial charge in [-0.2, -0.15) is 0 Å². The number of thiophene rings is 1. The highest BCUT2D eigenvalue weighted by atomic mass is 35.5. The molecule has 2 heterocycles. The maximum absolute atomic E-state index is 12.0. The molecule has 0 unspecified atom stereocenters. The van der Waals surface area contributed by atoms with Crippen LogP contribution >= 0.6 is 22.9 Å². The molecule has 0 radical (unpaired) electrons. The fourth-order valence-corrected chi connectivity index (χ4v) is 4.42. The lowest BCUT2D eigenvalue weighted by atomic mass is 10.2. The number of sulfonamides is 1. The molecule has 0 saturated carbocycles. The summed E-state index contributed by atoms with van der Waals surface area (Å²) in [5, 5.41) is 7.87. The first-order chi connectivity index (χ1) is 11.0. The van der Waals surface area contributed by atoms with Gasteiger partial charge in [-0.1, -0.05) is 29.8 Å². The Morgan fingerprint density at radius 3 is 2.61 bits per heavy atom. The summed E-state index contributed by atoms with van der Waals surface area (Å²) in [7, 11) is -3.56. The van der Waals surface area contributed by atoms with Gasteiger partial charge in [0.2, 0.25) is 21.8 Å². The number of hydrogen-bond donors (Lipinski definition) is 1. The molecule has 2 aromatic heterocycles. The highest BCUT2D eigenvalue weighted by Gasteiger charge is 2.16. The van der Waals surface area contributed by atoms with Crippen molar-refractivity contribution in [2.45, 2.75) is 10.6 Å². The van der Waals surface area contributed by atoms with Crippen molar-refractivity contribution in [3.63, 3.8) is 0 Å². The molecule has 0 aliphatic rings. The van der Waals surface area contributed by atoms with Crippen molar-refractivity contribution in [1.82, 2.24) is 14.9 Å². The van der Waals surface area contributed by atoms with Gasteiger partial charge in [-0.3, -0.25) is 0 Å². The Balaban J connectivity index is 1.60. The molecule has 120 valence electrons. The molecule has 0 amide bonds. The van der Waals surface area contributed by atoms with Crippen molar-refractivity contribution in [3.8, 4) is 11.5 Å². The van der Waals surface area contributed by atoms with Gasteiger partial charge >= 0.3 is 0 Å². The van der Waals surface area contributed by atoms with E-state index >= 15 is 0 Å². The average Bonchev–Trinajstić information content (AvgIpc) is 3.17. The van der Waals surface area contributed by atoms with Crippen LogP contribution in [0.15, 0.2) is 51.1 Å². The number of aromatic nitrogens is 2. The summed E-state index contributed by atoms with van der Waals surface area (Å²) in [4.78, 5) is 0. The quantitative estimate of drug-likeness (QED) is 0.722. The second kappa shape index (κ2) is 6.79. The van der Waals surface area contributed by atoms with E-state index in [0.29, 0.717) is 22.5 Å². The third kappa shape index (κ3) is 3.97. The largest absolute Gasteiger partial charge is 0.421 e. The molecule has 1 N–H and O–H groups in total. The zero-order valence-corrected chi connectivity index (χ0v) is 14.2. The van der Waals surface area contributed by atoms with Gasteiger partial charge in [-0.05, 0) is 24.3 Å². The molecule has 0 fully saturated rings. The molecule has 0 aliphatic carbocycles. The summed E-state index contributed by atoms with van der Waals surface area (Å²) in [5.41, 5.74) is 0.819. The van der Waals surface area contributed by atoms with Gasteiger partial charge in [0.05, 0.1) is 4.34 Å². The zero-order valence-electron chi connectivity index (χ0n) is 11.8. The Kier molecular flexibility index (Phi) is 4.76. The maximum Gasteiger partial charge on any atom is 0.250 e. The summed E-state index contributed by atoms with van der Waals surface area (Å²) in [6.45, 7) is 0.161. The Labute approximate surface area is 142 Å². The van der Waals surface area contributed by atoms with Crippen molar-refractivity contribution in [3.05, 3.63) is 52.7 Å². The summed E-state index contributed by atoms with van der Waals surface area (Å²) in [6.07, 6.45) is 0.304. The number of nitrogens with one attached hydrogen (secondary N) is 1. The molecule has 0 saturated heterocycles.